The first-order chi connectivity index (χ1) is 14.1. The maximum atomic E-state index is 10.7. The van der Waals surface area contributed by atoms with E-state index in [1.54, 1.807) is 18.6 Å². The van der Waals surface area contributed by atoms with Crippen molar-refractivity contribution in [1.82, 2.24) is 29.5 Å². The highest BCUT2D eigenvalue weighted by Crippen LogP contribution is 2.38. The number of aryl methyl sites for hydroxylation is 2. The van der Waals surface area contributed by atoms with Crippen LogP contribution in [0.25, 0.3) is 5.65 Å². The Kier molecular flexibility index (Phi) is 4.67. The third-order valence-corrected chi connectivity index (χ3v) is 6.36. The summed E-state index contributed by atoms with van der Waals surface area (Å²) in [6.45, 7) is 7.00. The normalized spacial score (nSPS) is 27.3. The lowest BCUT2D eigenvalue weighted by atomic mass is 9.77. The average molecular weight is 393 g/mol. The molecule has 1 aliphatic carbocycles. The lowest BCUT2D eigenvalue weighted by Crippen LogP contribution is -2.43. The number of nitrogens with zero attached hydrogens (tertiary/aromatic N) is 6. The molecular weight excluding hydrogens is 366 g/mol. The Labute approximate surface area is 170 Å². The van der Waals surface area contributed by atoms with Crippen LogP contribution in [0.5, 0.6) is 0 Å². The average Bonchev–Trinajstić information content (AvgIpc) is 3.27. The number of hydrogen-bond donors (Lipinski definition) is 2. The third-order valence-electron chi connectivity index (χ3n) is 6.36. The molecule has 3 aromatic heterocycles. The van der Waals surface area contributed by atoms with Crippen LogP contribution in [0.2, 0.25) is 0 Å². The summed E-state index contributed by atoms with van der Waals surface area (Å²) in [6, 6.07) is 2.08. The number of nitrogens with one attached hydrogen (secondary N) is 1. The summed E-state index contributed by atoms with van der Waals surface area (Å²) in [4.78, 5) is 15.6. The number of likely N-dealkylation sites (tertiary alicyclic amines) is 1. The zero-order valence-corrected chi connectivity index (χ0v) is 16.9. The first-order valence-corrected chi connectivity index (χ1v) is 10.3. The highest BCUT2D eigenvalue weighted by atomic mass is 16.3. The van der Waals surface area contributed by atoms with E-state index in [4.69, 9.17) is 4.98 Å². The van der Waals surface area contributed by atoms with Crippen LogP contribution in [0.3, 0.4) is 0 Å². The van der Waals surface area contributed by atoms with Crippen molar-refractivity contribution in [2.45, 2.75) is 45.4 Å². The van der Waals surface area contributed by atoms with Crippen molar-refractivity contribution in [3.05, 3.63) is 47.8 Å². The van der Waals surface area contributed by atoms with Crippen molar-refractivity contribution in [2.75, 3.05) is 18.4 Å². The van der Waals surface area contributed by atoms with Crippen LogP contribution >= 0.6 is 0 Å². The van der Waals surface area contributed by atoms with E-state index in [-0.39, 0.29) is 12.1 Å². The van der Waals surface area contributed by atoms with Crippen molar-refractivity contribution in [3.8, 4) is 0 Å². The molecule has 4 heterocycles. The molecule has 5 rings (SSSR count). The fourth-order valence-electron chi connectivity index (χ4n) is 5.04. The molecule has 8 heteroatoms. The van der Waals surface area contributed by atoms with Crippen LogP contribution in [0.4, 0.5) is 5.82 Å². The number of aliphatic hydroxyl groups is 1. The van der Waals surface area contributed by atoms with E-state index >= 15 is 0 Å². The van der Waals surface area contributed by atoms with Crippen molar-refractivity contribution < 1.29 is 5.11 Å². The standard InChI is InChI=1S/C21H27N7O/c1-13-5-14(2)28-21(25-13)17(8-24-28)12-27-10-15-6-18(19(29)7-16(15)11-27)26-20-9-22-3-4-23-20/h3-5,8-9,15-16,18-19,29H,6-7,10-12H2,1-2H3,(H,23,26)/t15-,16+,18-,19-/m1/s1. The maximum absolute atomic E-state index is 10.7. The number of aromatic nitrogens is 5. The van der Waals surface area contributed by atoms with Crippen molar-refractivity contribution in [2.24, 2.45) is 11.8 Å². The van der Waals surface area contributed by atoms with Crippen LogP contribution < -0.4 is 5.32 Å². The molecule has 8 nitrogen and oxygen atoms in total. The van der Waals surface area contributed by atoms with Gasteiger partial charge >= 0.3 is 0 Å². The Morgan fingerprint density at radius 3 is 2.76 bits per heavy atom. The lowest BCUT2D eigenvalue weighted by molar-refractivity contribution is 0.0735. The predicted molar refractivity (Wildman–Crippen MR) is 109 cm³/mol. The van der Waals surface area contributed by atoms with Gasteiger partial charge in [0.05, 0.1) is 24.5 Å². The Morgan fingerprint density at radius 2 is 1.97 bits per heavy atom. The van der Waals surface area contributed by atoms with Gasteiger partial charge in [-0.2, -0.15) is 5.10 Å². The molecule has 2 aliphatic rings. The van der Waals surface area contributed by atoms with Gasteiger partial charge in [-0.3, -0.25) is 9.88 Å². The van der Waals surface area contributed by atoms with Gasteiger partial charge in [0, 0.05) is 49.0 Å². The molecule has 0 spiro atoms. The molecular formula is C21H27N7O. The molecule has 3 aromatic rings. The fourth-order valence-corrected chi connectivity index (χ4v) is 5.04. The number of anilines is 1. The molecule has 1 saturated carbocycles. The molecule has 29 heavy (non-hydrogen) atoms. The number of rotatable bonds is 4. The van der Waals surface area contributed by atoms with Gasteiger partial charge in [-0.1, -0.05) is 0 Å². The van der Waals surface area contributed by atoms with Gasteiger partial charge in [-0.05, 0) is 44.6 Å². The smallest absolute Gasteiger partial charge is 0.159 e. The highest BCUT2D eigenvalue weighted by Gasteiger charge is 2.41. The van der Waals surface area contributed by atoms with Gasteiger partial charge in [0.25, 0.3) is 0 Å². The third kappa shape index (κ3) is 3.58. The van der Waals surface area contributed by atoms with E-state index in [2.05, 4.69) is 38.3 Å². The molecule has 0 radical (unpaired) electrons. The molecule has 0 aromatic carbocycles. The van der Waals surface area contributed by atoms with Crippen molar-refractivity contribution in [1.29, 1.82) is 0 Å². The summed E-state index contributed by atoms with van der Waals surface area (Å²) in [7, 11) is 0. The molecule has 152 valence electrons. The van der Waals surface area contributed by atoms with Crippen molar-refractivity contribution >= 4 is 11.5 Å². The quantitative estimate of drug-likeness (QED) is 0.699. The summed E-state index contributed by atoms with van der Waals surface area (Å²) in [5.74, 6) is 1.84. The summed E-state index contributed by atoms with van der Waals surface area (Å²) >= 11 is 0. The Morgan fingerprint density at radius 1 is 1.14 bits per heavy atom. The second-order valence-corrected chi connectivity index (χ2v) is 8.54. The molecule has 0 bridgehead atoms. The van der Waals surface area contributed by atoms with Gasteiger partial charge in [-0.15, -0.1) is 0 Å². The van der Waals surface area contributed by atoms with E-state index in [1.165, 1.54) is 5.56 Å². The minimum Gasteiger partial charge on any atom is -0.391 e. The van der Waals surface area contributed by atoms with E-state index in [9.17, 15) is 5.11 Å². The second kappa shape index (κ2) is 7.35. The molecule has 2 N–H and O–H groups in total. The predicted octanol–water partition coefficient (Wildman–Crippen LogP) is 1.82. The van der Waals surface area contributed by atoms with E-state index in [0.717, 1.165) is 55.3 Å². The van der Waals surface area contributed by atoms with Crippen LogP contribution in [-0.2, 0) is 6.54 Å². The number of hydrogen-bond acceptors (Lipinski definition) is 7. The van der Waals surface area contributed by atoms with Crippen LogP contribution in [0, 0.1) is 25.7 Å². The van der Waals surface area contributed by atoms with Gasteiger partial charge in [0.2, 0.25) is 0 Å². The largest absolute Gasteiger partial charge is 0.391 e. The highest BCUT2D eigenvalue weighted by molar-refractivity contribution is 5.48. The molecule has 1 saturated heterocycles. The van der Waals surface area contributed by atoms with Crippen LogP contribution in [0.1, 0.15) is 29.8 Å². The second-order valence-electron chi connectivity index (χ2n) is 8.54. The van der Waals surface area contributed by atoms with E-state index in [0.29, 0.717) is 11.8 Å². The summed E-state index contributed by atoms with van der Waals surface area (Å²) in [5, 5.41) is 18.6. The monoisotopic (exact) mass is 393 g/mol. The van der Waals surface area contributed by atoms with Crippen molar-refractivity contribution in [3.63, 3.8) is 0 Å². The van der Waals surface area contributed by atoms with Gasteiger partial charge < -0.3 is 10.4 Å². The first-order valence-electron chi connectivity index (χ1n) is 10.3. The summed E-state index contributed by atoms with van der Waals surface area (Å²) in [5.41, 5.74) is 4.26. The minimum absolute atomic E-state index is 0.0249. The zero-order valence-electron chi connectivity index (χ0n) is 16.9. The SMILES string of the molecule is Cc1cc(C)n2ncc(CN3C[C@H]4C[C@@H](Nc5cnccn5)[C@H](O)C[C@H]4C3)c2n1. The fraction of sp³-hybridized carbons (Fsp3) is 0.524. The van der Waals surface area contributed by atoms with Gasteiger partial charge in [0.1, 0.15) is 5.82 Å². The number of aliphatic hydroxyl groups excluding tert-OH is 1. The molecule has 0 amide bonds. The minimum atomic E-state index is -0.359. The molecule has 2 fully saturated rings. The summed E-state index contributed by atoms with van der Waals surface area (Å²) < 4.78 is 1.93. The molecule has 4 atom stereocenters. The van der Waals surface area contributed by atoms with E-state index in [1.807, 2.05) is 17.6 Å². The van der Waals surface area contributed by atoms with Crippen LogP contribution in [0.15, 0.2) is 30.9 Å². The Balaban J connectivity index is 1.28. The zero-order chi connectivity index (χ0) is 20.0. The molecule has 1 aliphatic heterocycles. The summed E-state index contributed by atoms with van der Waals surface area (Å²) in [6.07, 6.45) is 8.40. The topological polar surface area (TPSA) is 91.5 Å². The van der Waals surface area contributed by atoms with Crippen LogP contribution in [-0.4, -0.2) is 59.8 Å². The lowest BCUT2D eigenvalue weighted by Gasteiger charge is -2.35. The van der Waals surface area contributed by atoms with Gasteiger partial charge in [-0.25, -0.2) is 14.5 Å². The maximum Gasteiger partial charge on any atom is 0.159 e. The Hall–Kier alpha value is -2.58. The van der Waals surface area contributed by atoms with Gasteiger partial charge in [0.15, 0.2) is 5.65 Å². The van der Waals surface area contributed by atoms with E-state index < -0.39 is 0 Å². The Bertz CT molecular complexity index is 1000. The molecule has 0 unspecified atom stereocenters. The number of fused-ring (bicyclic) bond motifs is 2. The first kappa shape index (κ1) is 18.4.